The van der Waals surface area contributed by atoms with E-state index in [1.54, 1.807) is 29.2 Å². The number of nitrogens with zero attached hydrogens (tertiary/aromatic N) is 1. The molecule has 1 fully saturated rings. The predicted octanol–water partition coefficient (Wildman–Crippen LogP) is 2.55. The Morgan fingerprint density at radius 2 is 1.85 bits per heavy atom. The molecule has 0 radical (unpaired) electrons. The molecule has 27 heavy (non-hydrogen) atoms. The maximum absolute atomic E-state index is 12.8. The number of rotatable bonds is 4. The number of amides is 4. The van der Waals surface area contributed by atoms with Crippen molar-refractivity contribution in [3.8, 4) is 0 Å². The van der Waals surface area contributed by atoms with Gasteiger partial charge >= 0.3 is 12.1 Å². The van der Waals surface area contributed by atoms with Crippen LogP contribution in [0.15, 0.2) is 24.3 Å². The van der Waals surface area contributed by atoms with Crippen LogP contribution in [-0.4, -0.2) is 47.7 Å². The van der Waals surface area contributed by atoms with Crippen LogP contribution in [-0.2, 0) is 4.74 Å². The highest BCUT2D eigenvalue weighted by molar-refractivity contribution is 5.95. The van der Waals surface area contributed by atoms with Crippen LogP contribution in [0, 0.1) is 5.92 Å². The molecule has 1 aromatic carbocycles. The molecule has 8 nitrogen and oxygen atoms in total. The molecular formula is C19H28N4O4. The largest absolute Gasteiger partial charge is 0.444 e. The summed E-state index contributed by atoms with van der Waals surface area (Å²) >= 11 is 0. The van der Waals surface area contributed by atoms with Crippen molar-refractivity contribution in [2.45, 2.75) is 45.8 Å². The van der Waals surface area contributed by atoms with Crippen molar-refractivity contribution < 1.29 is 19.1 Å². The van der Waals surface area contributed by atoms with Crippen molar-refractivity contribution in [1.29, 1.82) is 0 Å². The first-order valence-electron chi connectivity index (χ1n) is 8.99. The summed E-state index contributed by atoms with van der Waals surface area (Å²) in [5, 5.41) is 5.24. The Kier molecular flexibility index (Phi) is 6.30. The third kappa shape index (κ3) is 6.16. The van der Waals surface area contributed by atoms with Gasteiger partial charge in [-0.25, -0.2) is 9.59 Å². The van der Waals surface area contributed by atoms with Crippen molar-refractivity contribution in [2.75, 3.05) is 18.4 Å². The lowest BCUT2D eigenvalue weighted by molar-refractivity contribution is 0.0520. The number of hydrogen-bond donors (Lipinski definition) is 3. The zero-order valence-corrected chi connectivity index (χ0v) is 16.2. The topological polar surface area (TPSA) is 114 Å². The van der Waals surface area contributed by atoms with Crippen LogP contribution in [0.5, 0.6) is 0 Å². The van der Waals surface area contributed by atoms with Crippen molar-refractivity contribution in [3.05, 3.63) is 29.8 Å². The molecule has 1 aliphatic heterocycles. The van der Waals surface area contributed by atoms with Crippen LogP contribution in [0.1, 0.15) is 44.5 Å². The number of carbonyl (C=O) groups excluding carboxylic acids is 3. The van der Waals surface area contributed by atoms with E-state index in [9.17, 15) is 14.4 Å². The summed E-state index contributed by atoms with van der Waals surface area (Å²) < 4.78 is 5.24. The zero-order chi connectivity index (χ0) is 20.2. The van der Waals surface area contributed by atoms with E-state index in [1.807, 2.05) is 27.7 Å². The summed E-state index contributed by atoms with van der Waals surface area (Å²) in [6.45, 7) is 8.47. The molecule has 8 heteroatoms. The Hall–Kier alpha value is -2.77. The van der Waals surface area contributed by atoms with Gasteiger partial charge in [-0.2, -0.15) is 0 Å². The summed E-state index contributed by atoms with van der Waals surface area (Å²) in [4.78, 5) is 37.2. The van der Waals surface area contributed by atoms with Crippen LogP contribution in [0.3, 0.4) is 0 Å². The van der Waals surface area contributed by atoms with E-state index < -0.39 is 17.7 Å². The number of hydrogen-bond acceptors (Lipinski definition) is 4. The first-order valence-corrected chi connectivity index (χ1v) is 8.99. The normalized spacial score (nSPS) is 19.5. The van der Waals surface area contributed by atoms with Gasteiger partial charge in [0.2, 0.25) is 0 Å². The molecule has 0 aromatic heterocycles. The Balaban J connectivity index is 1.90. The quantitative estimate of drug-likeness (QED) is 0.749. The van der Waals surface area contributed by atoms with Crippen LogP contribution in [0.25, 0.3) is 0 Å². The highest BCUT2D eigenvalue weighted by Crippen LogP contribution is 2.25. The molecule has 0 unspecified atom stereocenters. The summed E-state index contributed by atoms with van der Waals surface area (Å²) in [6, 6.07) is 6.02. The smallest absolute Gasteiger partial charge is 0.407 e. The van der Waals surface area contributed by atoms with E-state index in [2.05, 4.69) is 10.6 Å². The van der Waals surface area contributed by atoms with Crippen molar-refractivity contribution in [2.24, 2.45) is 11.7 Å². The molecule has 1 heterocycles. The van der Waals surface area contributed by atoms with Crippen LogP contribution in [0.2, 0.25) is 0 Å². The highest BCUT2D eigenvalue weighted by atomic mass is 16.6. The molecule has 4 N–H and O–H groups in total. The summed E-state index contributed by atoms with van der Waals surface area (Å²) in [5.41, 5.74) is 5.61. The molecule has 2 rings (SSSR count). The molecule has 0 spiro atoms. The molecule has 0 bridgehead atoms. The molecule has 1 aromatic rings. The van der Waals surface area contributed by atoms with Crippen LogP contribution >= 0.6 is 0 Å². The molecule has 1 aliphatic rings. The second kappa shape index (κ2) is 8.28. The highest BCUT2D eigenvalue weighted by Gasteiger charge is 2.33. The van der Waals surface area contributed by atoms with E-state index >= 15 is 0 Å². The van der Waals surface area contributed by atoms with Gasteiger partial charge in [-0.1, -0.05) is 0 Å². The lowest BCUT2D eigenvalue weighted by Gasteiger charge is -2.22. The van der Waals surface area contributed by atoms with Gasteiger partial charge in [0.1, 0.15) is 5.60 Å². The second-order valence-electron chi connectivity index (χ2n) is 7.86. The van der Waals surface area contributed by atoms with E-state index in [0.29, 0.717) is 24.3 Å². The first kappa shape index (κ1) is 20.5. The second-order valence-corrected chi connectivity index (χ2v) is 7.86. The number of ether oxygens (including phenoxy) is 1. The van der Waals surface area contributed by atoms with Gasteiger partial charge in [0.05, 0.1) is 0 Å². The fourth-order valence-electron chi connectivity index (χ4n) is 3.12. The number of benzene rings is 1. The zero-order valence-electron chi connectivity index (χ0n) is 16.2. The molecule has 4 amide bonds. The standard InChI is InChI=1S/C19H28N4O4/c1-12-9-13(10-21-18(26)27-19(2,3)4)11-23(12)16(24)14-5-7-15(8-6-14)22-17(20)25/h5-8,12-13H,9-11H2,1-4H3,(H,21,26)(H3,20,22,25)/t12-,13+/m0/s1. The Bertz CT molecular complexity index is 697. The van der Waals surface area contributed by atoms with Gasteiger partial charge in [0.25, 0.3) is 5.91 Å². The Morgan fingerprint density at radius 3 is 2.41 bits per heavy atom. The lowest BCUT2D eigenvalue weighted by Crippen LogP contribution is -2.37. The van der Waals surface area contributed by atoms with Gasteiger partial charge in [0, 0.05) is 30.4 Å². The number of primary amides is 1. The number of likely N-dealkylation sites (tertiary alicyclic amines) is 1. The lowest BCUT2D eigenvalue weighted by atomic mass is 10.1. The Morgan fingerprint density at radius 1 is 1.22 bits per heavy atom. The van der Waals surface area contributed by atoms with E-state index in [4.69, 9.17) is 10.5 Å². The van der Waals surface area contributed by atoms with Crippen molar-refractivity contribution in [1.82, 2.24) is 10.2 Å². The van der Waals surface area contributed by atoms with E-state index in [1.165, 1.54) is 0 Å². The Labute approximate surface area is 159 Å². The minimum absolute atomic E-state index is 0.0753. The van der Waals surface area contributed by atoms with Crippen molar-refractivity contribution >= 4 is 23.7 Å². The summed E-state index contributed by atoms with van der Waals surface area (Å²) in [5.74, 6) is 0.0974. The van der Waals surface area contributed by atoms with Gasteiger partial charge in [-0.15, -0.1) is 0 Å². The number of urea groups is 1. The van der Waals surface area contributed by atoms with Gasteiger partial charge < -0.3 is 26.0 Å². The predicted molar refractivity (Wildman–Crippen MR) is 102 cm³/mol. The number of nitrogens with one attached hydrogen (secondary N) is 2. The molecular weight excluding hydrogens is 348 g/mol. The fraction of sp³-hybridized carbons (Fsp3) is 0.526. The number of anilines is 1. The maximum Gasteiger partial charge on any atom is 0.407 e. The molecule has 1 saturated heterocycles. The average molecular weight is 376 g/mol. The monoisotopic (exact) mass is 376 g/mol. The van der Waals surface area contributed by atoms with Crippen LogP contribution in [0.4, 0.5) is 15.3 Å². The number of carbonyl (C=O) groups is 3. The molecule has 148 valence electrons. The summed E-state index contributed by atoms with van der Waals surface area (Å²) in [7, 11) is 0. The fourth-order valence-corrected chi connectivity index (χ4v) is 3.12. The van der Waals surface area contributed by atoms with E-state index in [0.717, 1.165) is 6.42 Å². The third-order valence-electron chi connectivity index (χ3n) is 4.26. The SMILES string of the molecule is C[C@H]1C[C@H](CNC(=O)OC(C)(C)C)CN1C(=O)c1ccc(NC(N)=O)cc1. The van der Waals surface area contributed by atoms with Crippen molar-refractivity contribution in [3.63, 3.8) is 0 Å². The minimum atomic E-state index is -0.650. The molecule has 2 atom stereocenters. The summed E-state index contributed by atoms with van der Waals surface area (Å²) in [6.07, 6.45) is 0.362. The molecule has 0 aliphatic carbocycles. The maximum atomic E-state index is 12.8. The average Bonchev–Trinajstić information content (AvgIpc) is 2.92. The van der Waals surface area contributed by atoms with Gasteiger partial charge in [-0.3, -0.25) is 4.79 Å². The first-order chi connectivity index (χ1) is 12.5. The van der Waals surface area contributed by atoms with Crippen LogP contribution < -0.4 is 16.4 Å². The van der Waals surface area contributed by atoms with Gasteiger partial charge in [-0.05, 0) is 64.3 Å². The van der Waals surface area contributed by atoms with Gasteiger partial charge in [0.15, 0.2) is 0 Å². The number of alkyl carbamates (subject to hydrolysis) is 1. The van der Waals surface area contributed by atoms with E-state index in [-0.39, 0.29) is 17.9 Å². The third-order valence-corrected chi connectivity index (χ3v) is 4.26. The number of nitrogens with two attached hydrogens (primary N) is 1. The molecule has 0 saturated carbocycles. The minimum Gasteiger partial charge on any atom is -0.444 e.